The summed E-state index contributed by atoms with van der Waals surface area (Å²) in [6, 6.07) is 5.93. The topological polar surface area (TPSA) is 122 Å². The number of sulfone groups is 2. The molecule has 0 fully saturated rings. The number of amides is 2. The molecule has 1 aromatic rings. The van der Waals surface area contributed by atoms with E-state index in [4.69, 9.17) is 0 Å². The Labute approximate surface area is 123 Å². The lowest BCUT2D eigenvalue weighted by molar-refractivity contribution is 0.252. The van der Waals surface area contributed by atoms with Crippen LogP contribution in [0.15, 0.2) is 29.4 Å². The van der Waals surface area contributed by atoms with Crippen molar-refractivity contribution in [2.24, 2.45) is 5.10 Å². The minimum atomic E-state index is -4.08. The number of benzene rings is 1. The number of hydrogen-bond acceptors (Lipinski definition) is 6. The van der Waals surface area contributed by atoms with E-state index < -0.39 is 30.1 Å². The van der Waals surface area contributed by atoms with Gasteiger partial charge in [-0.3, -0.25) is 0 Å². The molecule has 0 heterocycles. The number of carbonyl (C=O) groups excluding carboxylic acids is 1. The maximum atomic E-state index is 11.5. The van der Waals surface area contributed by atoms with Crippen LogP contribution in [0.1, 0.15) is 5.56 Å². The molecule has 1 rings (SSSR count). The van der Waals surface area contributed by atoms with Gasteiger partial charge in [0, 0.05) is 18.2 Å². The summed E-state index contributed by atoms with van der Waals surface area (Å²) in [5, 5.41) is 5.54. The molecule has 0 aliphatic heterocycles. The van der Waals surface area contributed by atoms with E-state index in [0.717, 1.165) is 5.56 Å². The van der Waals surface area contributed by atoms with Gasteiger partial charge in [-0.25, -0.2) is 27.1 Å². The van der Waals surface area contributed by atoms with Gasteiger partial charge in [-0.15, -0.1) is 5.10 Å². The molecule has 0 aliphatic rings. The molecule has 0 saturated carbocycles. The summed E-state index contributed by atoms with van der Waals surface area (Å²) in [6.45, 7) is 1.87. The first-order chi connectivity index (χ1) is 9.50. The number of anilines is 1. The van der Waals surface area contributed by atoms with Crippen LogP contribution in [0.2, 0.25) is 0 Å². The average molecular weight is 333 g/mol. The predicted molar refractivity (Wildman–Crippen MR) is 80.5 cm³/mol. The zero-order chi connectivity index (χ0) is 16.3. The fourth-order valence-electron chi connectivity index (χ4n) is 1.33. The van der Waals surface area contributed by atoms with Crippen LogP contribution in [-0.4, -0.2) is 39.8 Å². The van der Waals surface area contributed by atoms with Crippen LogP contribution in [0.4, 0.5) is 10.5 Å². The van der Waals surface area contributed by atoms with Gasteiger partial charge in [0.25, 0.3) is 4.38 Å². The Kier molecular flexibility index (Phi) is 5.07. The SMILES string of the molecule is Cc1ccc(NC(=O)NN=C(S(C)(=O)=O)S(C)(=O)=O)cc1. The van der Waals surface area contributed by atoms with Gasteiger partial charge in [0.05, 0.1) is 0 Å². The lowest BCUT2D eigenvalue weighted by atomic mass is 10.2. The van der Waals surface area contributed by atoms with Crippen molar-refractivity contribution in [2.45, 2.75) is 6.92 Å². The first-order valence-corrected chi connectivity index (χ1v) is 9.40. The van der Waals surface area contributed by atoms with Gasteiger partial charge in [0.1, 0.15) is 0 Å². The third-order valence-electron chi connectivity index (χ3n) is 2.19. The van der Waals surface area contributed by atoms with Crippen LogP contribution in [0.25, 0.3) is 0 Å². The molecule has 10 heteroatoms. The predicted octanol–water partition coefficient (Wildman–Crippen LogP) is 0.477. The molecule has 21 heavy (non-hydrogen) atoms. The third-order valence-corrected chi connectivity index (χ3v) is 5.46. The number of nitrogens with one attached hydrogen (secondary N) is 2. The molecule has 0 atom stereocenters. The normalized spacial score (nSPS) is 11.6. The van der Waals surface area contributed by atoms with Crippen molar-refractivity contribution in [3.8, 4) is 0 Å². The van der Waals surface area contributed by atoms with Crippen LogP contribution in [0.5, 0.6) is 0 Å². The number of nitrogens with zero attached hydrogens (tertiary/aromatic N) is 1. The summed E-state index contributed by atoms with van der Waals surface area (Å²) in [6.07, 6.45) is 1.37. The zero-order valence-electron chi connectivity index (χ0n) is 11.6. The lowest BCUT2D eigenvalue weighted by Crippen LogP contribution is -2.30. The number of hydrazone groups is 1. The fourth-order valence-corrected chi connectivity index (χ4v) is 3.96. The summed E-state index contributed by atoms with van der Waals surface area (Å²) in [5.41, 5.74) is 3.29. The van der Waals surface area contributed by atoms with Gasteiger partial charge in [-0.05, 0) is 19.1 Å². The molecule has 116 valence electrons. The molecular weight excluding hydrogens is 318 g/mol. The van der Waals surface area contributed by atoms with Crippen molar-refractivity contribution < 1.29 is 21.6 Å². The molecule has 0 saturated heterocycles. The Hall–Kier alpha value is -1.94. The Morgan fingerprint density at radius 1 is 1.00 bits per heavy atom. The smallest absolute Gasteiger partial charge is 0.307 e. The first kappa shape index (κ1) is 17.1. The summed E-state index contributed by atoms with van der Waals surface area (Å²) >= 11 is 0. The summed E-state index contributed by atoms with van der Waals surface area (Å²) < 4.78 is 44.1. The molecule has 0 aliphatic carbocycles. The molecular formula is C11H15N3O5S2. The molecule has 1 aromatic carbocycles. The van der Waals surface area contributed by atoms with Gasteiger partial charge in [0.15, 0.2) is 0 Å². The van der Waals surface area contributed by atoms with E-state index in [2.05, 4.69) is 10.4 Å². The Bertz CT molecular complexity index is 731. The zero-order valence-corrected chi connectivity index (χ0v) is 13.2. The van der Waals surface area contributed by atoms with Gasteiger partial charge < -0.3 is 5.32 Å². The van der Waals surface area contributed by atoms with Crippen LogP contribution < -0.4 is 10.7 Å². The highest BCUT2D eigenvalue weighted by molar-refractivity contribution is 8.30. The van der Waals surface area contributed by atoms with E-state index in [0.29, 0.717) is 18.2 Å². The van der Waals surface area contributed by atoms with Gasteiger partial charge in [-0.2, -0.15) is 0 Å². The first-order valence-electron chi connectivity index (χ1n) is 5.61. The van der Waals surface area contributed by atoms with Crippen molar-refractivity contribution >= 4 is 35.8 Å². The van der Waals surface area contributed by atoms with Crippen molar-refractivity contribution in [3.63, 3.8) is 0 Å². The summed E-state index contributed by atoms with van der Waals surface area (Å²) in [4.78, 5) is 11.5. The van der Waals surface area contributed by atoms with E-state index in [1.165, 1.54) is 0 Å². The molecule has 8 nitrogen and oxygen atoms in total. The monoisotopic (exact) mass is 333 g/mol. The van der Waals surface area contributed by atoms with Gasteiger partial charge >= 0.3 is 6.03 Å². The van der Waals surface area contributed by atoms with Crippen molar-refractivity contribution in [1.82, 2.24) is 5.43 Å². The largest absolute Gasteiger partial charge is 0.339 e. The van der Waals surface area contributed by atoms with Crippen LogP contribution >= 0.6 is 0 Å². The Balaban J connectivity index is 2.87. The van der Waals surface area contributed by atoms with Crippen LogP contribution in [-0.2, 0) is 19.7 Å². The highest BCUT2D eigenvalue weighted by Crippen LogP contribution is 2.08. The molecule has 0 radical (unpaired) electrons. The number of rotatable bonds is 2. The number of urea groups is 1. The Morgan fingerprint density at radius 2 is 1.48 bits per heavy atom. The van der Waals surface area contributed by atoms with Gasteiger partial charge in [0.2, 0.25) is 19.7 Å². The van der Waals surface area contributed by atoms with Crippen molar-refractivity contribution in [3.05, 3.63) is 29.8 Å². The van der Waals surface area contributed by atoms with E-state index in [1.807, 2.05) is 12.3 Å². The number of aryl methyl sites for hydroxylation is 1. The molecule has 0 unspecified atom stereocenters. The van der Waals surface area contributed by atoms with Crippen molar-refractivity contribution in [2.75, 3.05) is 17.8 Å². The van der Waals surface area contributed by atoms with E-state index in [1.54, 1.807) is 24.3 Å². The molecule has 0 bridgehead atoms. The summed E-state index contributed by atoms with van der Waals surface area (Å²) in [5.74, 6) is 0. The molecule has 0 spiro atoms. The lowest BCUT2D eigenvalue weighted by Gasteiger charge is -2.06. The van der Waals surface area contributed by atoms with E-state index >= 15 is 0 Å². The van der Waals surface area contributed by atoms with Crippen molar-refractivity contribution in [1.29, 1.82) is 0 Å². The van der Waals surface area contributed by atoms with Crippen LogP contribution in [0, 0.1) is 6.92 Å². The third kappa shape index (κ3) is 5.52. The minimum Gasteiger partial charge on any atom is -0.307 e. The molecule has 2 amide bonds. The van der Waals surface area contributed by atoms with E-state index in [9.17, 15) is 21.6 Å². The fraction of sp³-hybridized carbons (Fsp3) is 0.273. The quantitative estimate of drug-likeness (QED) is 0.463. The highest BCUT2D eigenvalue weighted by Gasteiger charge is 2.25. The number of carbonyl (C=O) groups is 1. The Morgan fingerprint density at radius 3 is 1.90 bits per heavy atom. The molecule has 0 aromatic heterocycles. The second-order valence-electron chi connectivity index (χ2n) is 4.35. The maximum absolute atomic E-state index is 11.5. The highest BCUT2D eigenvalue weighted by atomic mass is 32.3. The van der Waals surface area contributed by atoms with Crippen LogP contribution in [0.3, 0.4) is 0 Å². The molecule has 2 N–H and O–H groups in total. The second-order valence-corrected chi connectivity index (χ2v) is 8.47. The standard InChI is InChI=1S/C11H15N3O5S2/c1-8-4-6-9(7-5-8)12-10(15)13-14-11(20(2,16)17)21(3,18)19/h4-7H,1-3H3,(H2,12,13,15). The maximum Gasteiger partial charge on any atom is 0.339 e. The summed E-state index contributed by atoms with van der Waals surface area (Å²) in [7, 11) is -8.15. The second kappa shape index (κ2) is 6.22. The number of hydrogen-bond donors (Lipinski definition) is 2. The van der Waals surface area contributed by atoms with E-state index in [-0.39, 0.29) is 0 Å². The average Bonchev–Trinajstić information content (AvgIpc) is 2.28. The minimum absolute atomic E-state index is 0.452. The van der Waals surface area contributed by atoms with Gasteiger partial charge in [-0.1, -0.05) is 17.7 Å².